The van der Waals surface area contributed by atoms with E-state index in [1.165, 1.54) is 25.1 Å². The predicted octanol–water partition coefficient (Wildman–Crippen LogP) is 1.96. The SMILES string of the molecule is COc1ncnc(OC)c1-n1c(NS(=O)(=O)C(C)C(C)c2cnc(C)cn2)nnc1[C@@H]1CCCO1. The third-order valence-electron chi connectivity index (χ3n) is 5.97. The number of hydrogen-bond acceptors (Lipinski definition) is 11. The Balaban J connectivity index is 1.76. The summed E-state index contributed by atoms with van der Waals surface area (Å²) in [5.74, 6) is 0.201. The standard InChI is InChI=1S/C21H28N8O5S/c1-12-9-23-15(10-22-12)13(2)14(3)35(30,31)28-21-27-26-18(16-7-6-8-34-16)29(21)17-19(32-4)24-11-25-20(17)33-5/h9-11,13-14,16H,6-8H2,1-5H3,(H,27,28)/t13?,14?,16-/m0/s1. The van der Waals surface area contributed by atoms with Crippen LogP contribution in [0.3, 0.4) is 0 Å². The van der Waals surface area contributed by atoms with E-state index in [1.807, 2.05) is 6.92 Å². The molecule has 0 spiro atoms. The molecule has 3 atom stereocenters. The smallest absolute Gasteiger partial charge is 0.245 e. The fourth-order valence-electron chi connectivity index (χ4n) is 3.78. The van der Waals surface area contributed by atoms with Crippen molar-refractivity contribution in [2.45, 2.75) is 50.9 Å². The number of nitrogens with one attached hydrogen (secondary N) is 1. The summed E-state index contributed by atoms with van der Waals surface area (Å²) < 4.78 is 47.6. The zero-order valence-corrected chi connectivity index (χ0v) is 21.0. The molecule has 3 aromatic heterocycles. The second-order valence-electron chi connectivity index (χ2n) is 8.18. The van der Waals surface area contributed by atoms with Crippen molar-refractivity contribution >= 4 is 16.0 Å². The molecule has 4 rings (SSSR count). The fourth-order valence-corrected chi connectivity index (χ4v) is 5.03. The van der Waals surface area contributed by atoms with Crippen molar-refractivity contribution in [3.05, 3.63) is 35.9 Å². The molecule has 0 aromatic carbocycles. The molecule has 14 heteroatoms. The Morgan fingerprint density at radius 3 is 2.37 bits per heavy atom. The number of rotatable bonds is 9. The van der Waals surface area contributed by atoms with Crippen LogP contribution in [-0.4, -0.2) is 69.2 Å². The highest BCUT2D eigenvalue weighted by Gasteiger charge is 2.34. The first-order valence-electron chi connectivity index (χ1n) is 11.1. The zero-order chi connectivity index (χ0) is 25.2. The first-order valence-corrected chi connectivity index (χ1v) is 12.6. The van der Waals surface area contributed by atoms with Gasteiger partial charge in [-0.15, -0.1) is 10.2 Å². The van der Waals surface area contributed by atoms with E-state index in [-0.39, 0.29) is 23.4 Å². The van der Waals surface area contributed by atoms with Crippen molar-refractivity contribution in [3.8, 4) is 17.4 Å². The summed E-state index contributed by atoms with van der Waals surface area (Å²) in [5.41, 5.74) is 1.57. The maximum absolute atomic E-state index is 13.4. The third kappa shape index (κ3) is 4.89. The number of aromatic nitrogens is 7. The summed E-state index contributed by atoms with van der Waals surface area (Å²) in [5, 5.41) is 7.53. The molecule has 0 amide bonds. The Labute approximate surface area is 203 Å². The van der Waals surface area contributed by atoms with Crippen molar-refractivity contribution in [2.24, 2.45) is 0 Å². The lowest BCUT2D eigenvalue weighted by atomic mass is 10.1. The lowest BCUT2D eigenvalue weighted by Gasteiger charge is -2.21. The lowest BCUT2D eigenvalue weighted by molar-refractivity contribution is 0.103. The normalized spacial score (nSPS) is 17.7. The van der Waals surface area contributed by atoms with Crippen LogP contribution < -0.4 is 14.2 Å². The molecule has 188 valence electrons. The second kappa shape index (κ2) is 10.1. The summed E-state index contributed by atoms with van der Waals surface area (Å²) in [6.07, 6.45) is 5.62. The molecule has 4 heterocycles. The van der Waals surface area contributed by atoms with Crippen LogP contribution in [0.4, 0.5) is 5.95 Å². The second-order valence-corrected chi connectivity index (χ2v) is 10.2. The van der Waals surface area contributed by atoms with E-state index in [9.17, 15) is 8.42 Å². The quantitative estimate of drug-likeness (QED) is 0.454. The molecule has 1 N–H and O–H groups in total. The number of anilines is 1. The molecule has 3 aromatic rings. The summed E-state index contributed by atoms with van der Waals surface area (Å²) in [6, 6.07) is 0. The van der Waals surface area contributed by atoms with Gasteiger partial charge in [-0.2, -0.15) is 9.97 Å². The summed E-state index contributed by atoms with van der Waals surface area (Å²) in [7, 11) is -1.07. The minimum atomic E-state index is -3.96. The van der Waals surface area contributed by atoms with Gasteiger partial charge in [0.25, 0.3) is 0 Å². The number of sulfonamides is 1. The molecule has 13 nitrogen and oxygen atoms in total. The van der Waals surface area contributed by atoms with E-state index < -0.39 is 27.3 Å². The van der Waals surface area contributed by atoms with Crippen LogP contribution in [-0.2, 0) is 14.8 Å². The van der Waals surface area contributed by atoms with Crippen LogP contribution in [0, 0.1) is 6.92 Å². The number of methoxy groups -OCH3 is 2. The van der Waals surface area contributed by atoms with E-state index >= 15 is 0 Å². The molecule has 2 unspecified atom stereocenters. The van der Waals surface area contributed by atoms with Gasteiger partial charge in [0.1, 0.15) is 12.4 Å². The number of nitrogens with zero attached hydrogens (tertiary/aromatic N) is 7. The van der Waals surface area contributed by atoms with Gasteiger partial charge in [-0.05, 0) is 26.7 Å². The van der Waals surface area contributed by atoms with Crippen molar-refractivity contribution < 1.29 is 22.6 Å². The molecule has 1 aliphatic heterocycles. The van der Waals surface area contributed by atoms with E-state index in [4.69, 9.17) is 14.2 Å². The summed E-state index contributed by atoms with van der Waals surface area (Å²) in [4.78, 5) is 16.9. The van der Waals surface area contributed by atoms with Gasteiger partial charge < -0.3 is 14.2 Å². The highest BCUT2D eigenvalue weighted by atomic mass is 32.2. The monoisotopic (exact) mass is 504 g/mol. The van der Waals surface area contributed by atoms with E-state index in [0.717, 1.165) is 12.1 Å². The van der Waals surface area contributed by atoms with E-state index in [0.29, 0.717) is 24.5 Å². The Hall–Kier alpha value is -3.39. The molecular formula is C21H28N8O5S. The highest BCUT2D eigenvalue weighted by molar-refractivity contribution is 7.93. The average molecular weight is 505 g/mol. The molecular weight excluding hydrogens is 476 g/mol. The van der Waals surface area contributed by atoms with Crippen LogP contribution >= 0.6 is 0 Å². The number of aryl methyl sites for hydroxylation is 1. The molecule has 0 saturated carbocycles. The summed E-state index contributed by atoms with van der Waals surface area (Å²) in [6.45, 7) is 5.76. The van der Waals surface area contributed by atoms with Gasteiger partial charge in [-0.25, -0.2) is 8.42 Å². The molecule has 1 aliphatic rings. The van der Waals surface area contributed by atoms with Gasteiger partial charge in [0.2, 0.25) is 27.7 Å². The maximum atomic E-state index is 13.4. The third-order valence-corrected chi connectivity index (χ3v) is 7.82. The van der Waals surface area contributed by atoms with Crippen LogP contribution in [0.25, 0.3) is 5.69 Å². The zero-order valence-electron chi connectivity index (χ0n) is 20.2. The van der Waals surface area contributed by atoms with Crippen LogP contribution in [0.1, 0.15) is 55.9 Å². The molecule has 1 fully saturated rings. The molecule has 35 heavy (non-hydrogen) atoms. The molecule has 0 radical (unpaired) electrons. The van der Waals surface area contributed by atoms with Gasteiger partial charge in [0.15, 0.2) is 11.5 Å². The largest absolute Gasteiger partial charge is 0.479 e. The average Bonchev–Trinajstić information content (AvgIpc) is 3.52. The van der Waals surface area contributed by atoms with E-state index in [2.05, 4.69) is 34.9 Å². The maximum Gasteiger partial charge on any atom is 0.245 e. The van der Waals surface area contributed by atoms with Crippen molar-refractivity contribution in [3.63, 3.8) is 0 Å². The van der Waals surface area contributed by atoms with Gasteiger partial charge in [-0.3, -0.25) is 19.3 Å². The Kier molecular flexibility index (Phi) is 7.12. The minimum absolute atomic E-state index is 0.0593. The summed E-state index contributed by atoms with van der Waals surface area (Å²) >= 11 is 0. The Bertz CT molecular complexity index is 1250. The van der Waals surface area contributed by atoms with Gasteiger partial charge in [0, 0.05) is 24.9 Å². The van der Waals surface area contributed by atoms with Crippen LogP contribution in [0.5, 0.6) is 11.8 Å². The molecule has 1 saturated heterocycles. The van der Waals surface area contributed by atoms with E-state index in [1.54, 1.807) is 26.2 Å². The first-order chi connectivity index (χ1) is 16.8. The van der Waals surface area contributed by atoms with Gasteiger partial charge >= 0.3 is 0 Å². The van der Waals surface area contributed by atoms with Crippen LogP contribution in [0.15, 0.2) is 18.7 Å². The predicted molar refractivity (Wildman–Crippen MR) is 125 cm³/mol. The molecule has 0 bridgehead atoms. The number of ether oxygens (including phenoxy) is 3. The minimum Gasteiger partial charge on any atom is -0.479 e. The lowest BCUT2D eigenvalue weighted by Crippen LogP contribution is -2.31. The van der Waals surface area contributed by atoms with Crippen molar-refractivity contribution in [2.75, 3.05) is 25.5 Å². The highest BCUT2D eigenvalue weighted by Crippen LogP contribution is 2.37. The van der Waals surface area contributed by atoms with Crippen molar-refractivity contribution in [1.29, 1.82) is 0 Å². The van der Waals surface area contributed by atoms with Crippen LogP contribution in [0.2, 0.25) is 0 Å². The first kappa shape index (κ1) is 24.7. The Morgan fingerprint density at radius 1 is 1.09 bits per heavy atom. The Morgan fingerprint density at radius 2 is 1.80 bits per heavy atom. The van der Waals surface area contributed by atoms with Gasteiger partial charge in [0.05, 0.1) is 30.9 Å². The topological polar surface area (TPSA) is 156 Å². The van der Waals surface area contributed by atoms with Crippen molar-refractivity contribution in [1.82, 2.24) is 34.7 Å². The molecule has 0 aliphatic carbocycles. The number of hydrogen-bond donors (Lipinski definition) is 1. The fraction of sp³-hybridized carbons (Fsp3) is 0.524. The van der Waals surface area contributed by atoms with Gasteiger partial charge in [-0.1, -0.05) is 6.92 Å².